The number of nitrogens with zero attached hydrogens (tertiary/aromatic N) is 3. The summed E-state index contributed by atoms with van der Waals surface area (Å²) in [6.45, 7) is 6.19. The average molecular weight is 208 g/mol. The third-order valence-electron chi connectivity index (χ3n) is 3.46. The van der Waals surface area contributed by atoms with Crippen molar-refractivity contribution >= 4 is 0 Å². The van der Waals surface area contributed by atoms with E-state index >= 15 is 0 Å². The molecule has 2 rings (SSSR count). The summed E-state index contributed by atoms with van der Waals surface area (Å²) in [5, 5.41) is 8.58. The molecule has 0 saturated heterocycles. The summed E-state index contributed by atoms with van der Waals surface area (Å²) in [6, 6.07) is 0. The smallest absolute Gasteiger partial charge is 0.135 e. The zero-order chi connectivity index (χ0) is 10.8. The van der Waals surface area contributed by atoms with Crippen LogP contribution in [-0.4, -0.2) is 21.3 Å². The van der Waals surface area contributed by atoms with Gasteiger partial charge in [-0.1, -0.05) is 13.8 Å². The minimum absolute atomic E-state index is 0.503. The molecule has 15 heavy (non-hydrogen) atoms. The maximum Gasteiger partial charge on any atom is 0.135 e. The van der Waals surface area contributed by atoms with Crippen LogP contribution in [0.3, 0.4) is 0 Å². The van der Waals surface area contributed by atoms with Crippen molar-refractivity contribution in [2.45, 2.75) is 45.6 Å². The van der Waals surface area contributed by atoms with Gasteiger partial charge in [-0.15, -0.1) is 10.2 Å². The Kier molecular flexibility index (Phi) is 3.05. The fourth-order valence-corrected chi connectivity index (χ4v) is 2.16. The largest absolute Gasteiger partial charge is 0.330 e. The van der Waals surface area contributed by atoms with Gasteiger partial charge in [-0.2, -0.15) is 0 Å². The zero-order valence-corrected chi connectivity index (χ0v) is 9.61. The number of rotatable bonds is 3. The van der Waals surface area contributed by atoms with Gasteiger partial charge in [0.1, 0.15) is 11.6 Å². The van der Waals surface area contributed by atoms with E-state index in [9.17, 15) is 0 Å². The maximum absolute atomic E-state index is 5.73. The molecule has 84 valence electrons. The van der Waals surface area contributed by atoms with E-state index in [2.05, 4.69) is 28.6 Å². The van der Waals surface area contributed by atoms with E-state index in [4.69, 9.17) is 5.73 Å². The number of hydrogen-bond donors (Lipinski definition) is 1. The van der Waals surface area contributed by atoms with Crippen LogP contribution in [0.5, 0.6) is 0 Å². The van der Waals surface area contributed by atoms with Crippen molar-refractivity contribution < 1.29 is 0 Å². The lowest BCUT2D eigenvalue weighted by Crippen LogP contribution is -2.27. The van der Waals surface area contributed by atoms with Gasteiger partial charge in [-0.05, 0) is 25.3 Å². The summed E-state index contributed by atoms with van der Waals surface area (Å²) in [5.41, 5.74) is 5.73. The monoisotopic (exact) mass is 208 g/mol. The first-order valence-electron chi connectivity index (χ1n) is 5.88. The predicted octanol–water partition coefficient (Wildman–Crippen LogP) is 1.31. The van der Waals surface area contributed by atoms with Gasteiger partial charge in [0.05, 0.1) is 0 Å². The Bertz CT molecular complexity index is 331. The first kappa shape index (κ1) is 10.6. The average Bonchev–Trinajstić information content (AvgIpc) is 2.70. The minimum Gasteiger partial charge on any atom is -0.330 e. The summed E-state index contributed by atoms with van der Waals surface area (Å²) < 4.78 is 2.29. The Hall–Kier alpha value is -0.900. The molecule has 0 fully saturated rings. The molecule has 0 bridgehead atoms. The molecule has 2 unspecified atom stereocenters. The van der Waals surface area contributed by atoms with Crippen LogP contribution in [0.1, 0.15) is 44.3 Å². The maximum atomic E-state index is 5.73. The molecule has 2 atom stereocenters. The fraction of sp³-hybridized carbons (Fsp3) is 0.818. The van der Waals surface area contributed by atoms with Gasteiger partial charge in [0.2, 0.25) is 0 Å². The third-order valence-corrected chi connectivity index (χ3v) is 3.46. The molecule has 0 spiro atoms. The van der Waals surface area contributed by atoms with Crippen molar-refractivity contribution in [3.63, 3.8) is 0 Å². The van der Waals surface area contributed by atoms with Crippen molar-refractivity contribution in [3.05, 3.63) is 11.6 Å². The van der Waals surface area contributed by atoms with Crippen molar-refractivity contribution in [3.8, 4) is 0 Å². The molecule has 0 aromatic carbocycles. The highest BCUT2D eigenvalue weighted by molar-refractivity contribution is 5.04. The Labute approximate surface area is 90.9 Å². The van der Waals surface area contributed by atoms with Crippen LogP contribution < -0.4 is 5.73 Å². The van der Waals surface area contributed by atoms with E-state index in [1.165, 1.54) is 0 Å². The number of fused-ring (bicyclic) bond motifs is 1. The zero-order valence-electron chi connectivity index (χ0n) is 9.61. The van der Waals surface area contributed by atoms with Gasteiger partial charge in [0, 0.05) is 18.9 Å². The van der Waals surface area contributed by atoms with Crippen molar-refractivity contribution in [1.82, 2.24) is 14.8 Å². The Morgan fingerprint density at radius 2 is 2.33 bits per heavy atom. The number of hydrogen-bond acceptors (Lipinski definition) is 3. The summed E-state index contributed by atoms with van der Waals surface area (Å²) in [5.74, 6) is 3.40. The van der Waals surface area contributed by atoms with Crippen LogP contribution in [0.15, 0.2) is 0 Å². The first-order valence-corrected chi connectivity index (χ1v) is 5.88. The van der Waals surface area contributed by atoms with Crippen molar-refractivity contribution in [2.24, 2.45) is 11.7 Å². The molecule has 0 saturated carbocycles. The molecule has 1 aromatic rings. The number of aromatic nitrogens is 3. The van der Waals surface area contributed by atoms with E-state index in [0.717, 1.165) is 44.0 Å². The van der Waals surface area contributed by atoms with Gasteiger partial charge in [0.25, 0.3) is 0 Å². The Balaban J connectivity index is 2.25. The molecule has 1 aliphatic rings. The molecular formula is C11H20N4. The van der Waals surface area contributed by atoms with Gasteiger partial charge in [0.15, 0.2) is 0 Å². The molecule has 1 aliphatic heterocycles. The first-order chi connectivity index (χ1) is 7.26. The lowest BCUT2D eigenvalue weighted by atomic mass is 9.98. The minimum atomic E-state index is 0.503. The quantitative estimate of drug-likeness (QED) is 0.815. The summed E-state index contributed by atoms with van der Waals surface area (Å²) in [4.78, 5) is 0. The van der Waals surface area contributed by atoms with Crippen LogP contribution in [0, 0.1) is 5.92 Å². The topological polar surface area (TPSA) is 56.7 Å². The summed E-state index contributed by atoms with van der Waals surface area (Å²) in [6.07, 6.45) is 3.31. The molecular weight excluding hydrogens is 188 g/mol. The molecule has 0 radical (unpaired) electrons. The van der Waals surface area contributed by atoms with Crippen LogP contribution in [0.4, 0.5) is 0 Å². The van der Waals surface area contributed by atoms with Gasteiger partial charge < -0.3 is 10.3 Å². The second-order valence-electron chi connectivity index (χ2n) is 4.53. The van der Waals surface area contributed by atoms with E-state index in [1.807, 2.05) is 0 Å². The van der Waals surface area contributed by atoms with Crippen LogP contribution >= 0.6 is 0 Å². The highest BCUT2D eigenvalue weighted by atomic mass is 15.3. The molecule has 2 N–H and O–H groups in total. The van der Waals surface area contributed by atoms with E-state index in [-0.39, 0.29) is 0 Å². The van der Waals surface area contributed by atoms with Gasteiger partial charge >= 0.3 is 0 Å². The summed E-state index contributed by atoms with van der Waals surface area (Å²) >= 11 is 0. The highest BCUT2D eigenvalue weighted by Gasteiger charge is 2.23. The highest BCUT2D eigenvalue weighted by Crippen LogP contribution is 2.24. The molecule has 4 heteroatoms. The molecule has 1 aromatic heterocycles. The van der Waals surface area contributed by atoms with Gasteiger partial charge in [-0.3, -0.25) is 0 Å². The van der Waals surface area contributed by atoms with Crippen LogP contribution in [0.25, 0.3) is 0 Å². The van der Waals surface area contributed by atoms with Crippen molar-refractivity contribution in [1.29, 1.82) is 0 Å². The van der Waals surface area contributed by atoms with Crippen LogP contribution in [-0.2, 0) is 13.0 Å². The molecule has 2 heterocycles. The molecule has 4 nitrogen and oxygen atoms in total. The van der Waals surface area contributed by atoms with Crippen LogP contribution in [0.2, 0.25) is 0 Å². The second kappa shape index (κ2) is 4.31. The van der Waals surface area contributed by atoms with E-state index in [1.54, 1.807) is 0 Å². The van der Waals surface area contributed by atoms with E-state index in [0.29, 0.717) is 11.8 Å². The van der Waals surface area contributed by atoms with Crippen molar-refractivity contribution in [2.75, 3.05) is 6.54 Å². The SMILES string of the molecule is CCC(C)c1nnc2n1CC(CN)CC2. The third kappa shape index (κ3) is 1.91. The lowest BCUT2D eigenvalue weighted by molar-refractivity contribution is 0.362. The van der Waals surface area contributed by atoms with Gasteiger partial charge in [-0.25, -0.2) is 0 Å². The van der Waals surface area contributed by atoms with E-state index < -0.39 is 0 Å². The predicted molar refractivity (Wildman–Crippen MR) is 59.6 cm³/mol. The Morgan fingerprint density at radius 1 is 1.53 bits per heavy atom. The number of nitrogens with two attached hydrogens (primary N) is 1. The lowest BCUT2D eigenvalue weighted by Gasteiger charge is -2.24. The molecule has 0 aliphatic carbocycles. The standard InChI is InChI=1S/C11H20N4/c1-3-8(2)11-14-13-10-5-4-9(6-12)7-15(10)11/h8-9H,3-7,12H2,1-2H3. The Morgan fingerprint density at radius 3 is 3.00 bits per heavy atom. The second-order valence-corrected chi connectivity index (χ2v) is 4.53. The molecule has 0 amide bonds. The normalized spacial score (nSPS) is 22.5. The summed E-state index contributed by atoms with van der Waals surface area (Å²) in [7, 11) is 0. The number of aryl methyl sites for hydroxylation is 1. The fourth-order valence-electron chi connectivity index (χ4n) is 2.16.